The second kappa shape index (κ2) is 8.83. The summed E-state index contributed by atoms with van der Waals surface area (Å²) in [6.45, 7) is 0.456. The summed E-state index contributed by atoms with van der Waals surface area (Å²) < 4.78 is 30.9. The van der Waals surface area contributed by atoms with E-state index in [1.54, 1.807) is 18.2 Å². The average molecular weight is 445 g/mol. The molecule has 0 heterocycles. The fourth-order valence-corrected chi connectivity index (χ4v) is 3.32. The molecule has 0 fully saturated rings. The summed E-state index contributed by atoms with van der Waals surface area (Å²) in [7, 11) is -3.70. The molecule has 0 amide bonds. The van der Waals surface area contributed by atoms with E-state index in [9.17, 15) is 8.42 Å². The molecule has 0 bridgehead atoms. The molecule has 0 aliphatic carbocycles. The summed E-state index contributed by atoms with van der Waals surface area (Å²) in [6.07, 6.45) is 1.44. The molecule has 3 aromatic carbocycles. The molecule has 0 atom stereocenters. The predicted molar refractivity (Wildman–Crippen MR) is 109 cm³/mol. The minimum absolute atomic E-state index is 0.141. The highest BCUT2D eigenvalue weighted by molar-refractivity contribution is 9.10. The minimum atomic E-state index is -3.70. The van der Waals surface area contributed by atoms with Gasteiger partial charge in [-0.05, 0) is 47.5 Å². The predicted octanol–water partition coefficient (Wildman–Crippen LogP) is 4.34. The lowest BCUT2D eigenvalue weighted by atomic mass is 10.2. The summed E-state index contributed by atoms with van der Waals surface area (Å²) in [5, 5.41) is 3.84. The van der Waals surface area contributed by atoms with Gasteiger partial charge in [0.2, 0.25) is 0 Å². The first-order valence-corrected chi connectivity index (χ1v) is 10.4. The van der Waals surface area contributed by atoms with Crippen LogP contribution in [0.25, 0.3) is 0 Å². The van der Waals surface area contributed by atoms with Crippen LogP contribution in [0.1, 0.15) is 11.1 Å². The Morgan fingerprint density at radius 2 is 1.70 bits per heavy atom. The van der Waals surface area contributed by atoms with Gasteiger partial charge in [0.15, 0.2) is 0 Å². The highest BCUT2D eigenvalue weighted by atomic mass is 79.9. The van der Waals surface area contributed by atoms with E-state index in [-0.39, 0.29) is 4.90 Å². The third-order valence-electron chi connectivity index (χ3n) is 3.62. The molecule has 0 aliphatic heterocycles. The van der Waals surface area contributed by atoms with E-state index in [2.05, 4.69) is 25.9 Å². The second-order valence-electron chi connectivity index (χ2n) is 5.65. The third-order valence-corrected chi connectivity index (χ3v) is 5.38. The van der Waals surface area contributed by atoms with Gasteiger partial charge in [0.1, 0.15) is 12.4 Å². The monoisotopic (exact) mass is 444 g/mol. The molecule has 3 rings (SSSR count). The normalized spacial score (nSPS) is 11.4. The van der Waals surface area contributed by atoms with Gasteiger partial charge in [-0.3, -0.25) is 0 Å². The van der Waals surface area contributed by atoms with Crippen LogP contribution in [0, 0.1) is 0 Å². The van der Waals surface area contributed by atoms with Crippen molar-refractivity contribution in [3.8, 4) is 5.75 Å². The lowest BCUT2D eigenvalue weighted by Crippen LogP contribution is -2.18. The van der Waals surface area contributed by atoms with Gasteiger partial charge in [-0.2, -0.15) is 13.5 Å². The van der Waals surface area contributed by atoms with Crippen molar-refractivity contribution in [3.05, 3.63) is 94.5 Å². The number of nitrogens with zero attached hydrogens (tertiary/aromatic N) is 1. The van der Waals surface area contributed by atoms with E-state index in [1.165, 1.54) is 18.3 Å². The molecule has 0 aliphatic rings. The summed E-state index contributed by atoms with van der Waals surface area (Å²) in [5.74, 6) is 0.679. The number of hydrogen-bond acceptors (Lipinski definition) is 4. The Labute approximate surface area is 166 Å². The van der Waals surface area contributed by atoms with Crippen LogP contribution in [0.2, 0.25) is 0 Å². The zero-order chi connectivity index (χ0) is 19.1. The molecule has 5 nitrogen and oxygen atoms in total. The first kappa shape index (κ1) is 19.1. The van der Waals surface area contributed by atoms with E-state index in [0.29, 0.717) is 12.4 Å². The van der Waals surface area contributed by atoms with Gasteiger partial charge in [-0.25, -0.2) is 4.83 Å². The average Bonchev–Trinajstić information content (AvgIpc) is 2.68. The molecule has 0 radical (unpaired) electrons. The molecule has 3 aromatic rings. The van der Waals surface area contributed by atoms with Crippen molar-refractivity contribution >= 4 is 32.2 Å². The fraction of sp³-hybridized carbons (Fsp3) is 0.0500. The van der Waals surface area contributed by atoms with E-state index in [1.807, 2.05) is 48.5 Å². The number of ether oxygens (including phenoxy) is 1. The molecule has 0 spiro atoms. The number of rotatable bonds is 7. The summed E-state index contributed by atoms with van der Waals surface area (Å²) in [5.41, 5.74) is 1.79. The highest BCUT2D eigenvalue weighted by Crippen LogP contribution is 2.15. The summed E-state index contributed by atoms with van der Waals surface area (Å²) >= 11 is 3.27. The molecule has 0 saturated heterocycles. The van der Waals surface area contributed by atoms with Gasteiger partial charge in [-0.15, -0.1) is 0 Å². The van der Waals surface area contributed by atoms with Crippen LogP contribution in [0.4, 0.5) is 0 Å². The van der Waals surface area contributed by atoms with Crippen LogP contribution in [0.5, 0.6) is 5.75 Å². The van der Waals surface area contributed by atoms with Crippen molar-refractivity contribution in [1.29, 1.82) is 0 Å². The first-order valence-electron chi connectivity index (χ1n) is 8.10. The standard InChI is InChI=1S/C20H17BrN2O3S/c21-18-9-11-20(12-10-18)27(24,25)23-22-14-17-7-4-8-19(13-17)26-15-16-5-2-1-3-6-16/h1-14,23H,15H2. The zero-order valence-electron chi connectivity index (χ0n) is 14.2. The number of sulfonamides is 1. The molecular formula is C20H17BrN2O3S. The van der Waals surface area contributed by atoms with Gasteiger partial charge < -0.3 is 4.74 Å². The number of hydrogen-bond donors (Lipinski definition) is 1. The van der Waals surface area contributed by atoms with Crippen LogP contribution < -0.4 is 9.57 Å². The van der Waals surface area contributed by atoms with Gasteiger partial charge >= 0.3 is 0 Å². The molecule has 1 N–H and O–H groups in total. The van der Waals surface area contributed by atoms with Crippen LogP contribution in [-0.4, -0.2) is 14.6 Å². The summed E-state index contributed by atoms with van der Waals surface area (Å²) in [4.78, 5) is 2.35. The maximum atomic E-state index is 12.2. The van der Waals surface area contributed by atoms with E-state index >= 15 is 0 Å². The second-order valence-corrected chi connectivity index (χ2v) is 8.23. The van der Waals surface area contributed by atoms with Gasteiger partial charge in [0.25, 0.3) is 10.0 Å². The Bertz CT molecular complexity index is 1020. The van der Waals surface area contributed by atoms with E-state index in [4.69, 9.17) is 4.74 Å². The lowest BCUT2D eigenvalue weighted by Gasteiger charge is -2.07. The quantitative estimate of drug-likeness (QED) is 0.435. The Hall–Kier alpha value is -2.64. The largest absolute Gasteiger partial charge is 0.489 e. The first-order chi connectivity index (χ1) is 13.0. The van der Waals surface area contributed by atoms with Gasteiger partial charge in [0, 0.05) is 4.47 Å². The Morgan fingerprint density at radius 3 is 2.44 bits per heavy atom. The van der Waals surface area contributed by atoms with E-state index < -0.39 is 10.0 Å². The maximum Gasteiger partial charge on any atom is 0.276 e. The lowest BCUT2D eigenvalue weighted by molar-refractivity contribution is 0.306. The van der Waals surface area contributed by atoms with E-state index in [0.717, 1.165) is 15.6 Å². The van der Waals surface area contributed by atoms with Crippen LogP contribution in [0.3, 0.4) is 0 Å². The minimum Gasteiger partial charge on any atom is -0.489 e. The molecular weight excluding hydrogens is 428 g/mol. The smallest absolute Gasteiger partial charge is 0.276 e. The van der Waals surface area contributed by atoms with Crippen molar-refractivity contribution in [2.24, 2.45) is 5.10 Å². The van der Waals surface area contributed by atoms with Crippen molar-refractivity contribution in [2.45, 2.75) is 11.5 Å². The molecule has 0 unspecified atom stereocenters. The molecule has 7 heteroatoms. The Morgan fingerprint density at radius 1 is 0.963 bits per heavy atom. The number of hydrazone groups is 1. The van der Waals surface area contributed by atoms with Crippen molar-refractivity contribution < 1.29 is 13.2 Å². The van der Waals surface area contributed by atoms with Crippen LogP contribution >= 0.6 is 15.9 Å². The highest BCUT2D eigenvalue weighted by Gasteiger charge is 2.11. The number of halogens is 1. The van der Waals surface area contributed by atoms with Crippen LogP contribution in [-0.2, 0) is 16.6 Å². The number of nitrogens with one attached hydrogen (secondary N) is 1. The Kier molecular flexibility index (Phi) is 6.26. The maximum absolute atomic E-state index is 12.2. The van der Waals surface area contributed by atoms with Crippen LogP contribution in [0.15, 0.2) is 93.3 Å². The third kappa shape index (κ3) is 5.67. The van der Waals surface area contributed by atoms with Crippen molar-refractivity contribution in [3.63, 3.8) is 0 Å². The van der Waals surface area contributed by atoms with Gasteiger partial charge in [-0.1, -0.05) is 58.4 Å². The number of benzene rings is 3. The SMILES string of the molecule is O=S(=O)(NN=Cc1cccc(OCc2ccccc2)c1)c1ccc(Br)cc1. The topological polar surface area (TPSA) is 67.8 Å². The molecule has 0 saturated carbocycles. The van der Waals surface area contributed by atoms with Gasteiger partial charge in [0.05, 0.1) is 11.1 Å². The summed E-state index contributed by atoms with van der Waals surface area (Å²) in [6, 6.07) is 23.4. The molecule has 0 aromatic heterocycles. The molecule has 27 heavy (non-hydrogen) atoms. The van der Waals surface area contributed by atoms with Crippen molar-refractivity contribution in [2.75, 3.05) is 0 Å². The zero-order valence-corrected chi connectivity index (χ0v) is 16.7. The Balaban J connectivity index is 1.62. The molecule has 138 valence electrons. The van der Waals surface area contributed by atoms with Crippen molar-refractivity contribution in [1.82, 2.24) is 4.83 Å². The fourth-order valence-electron chi connectivity index (χ4n) is 2.26.